The predicted molar refractivity (Wildman–Crippen MR) is 121 cm³/mol. The number of ether oxygens (including phenoxy) is 1. The van der Waals surface area contributed by atoms with Gasteiger partial charge in [0.2, 0.25) is 5.91 Å². The average Bonchev–Trinajstić information content (AvgIpc) is 3.19. The van der Waals surface area contributed by atoms with Crippen LogP contribution >= 0.6 is 0 Å². The van der Waals surface area contributed by atoms with Crippen LogP contribution in [0.1, 0.15) is 66.6 Å². The second-order valence-corrected chi connectivity index (χ2v) is 8.92. The van der Waals surface area contributed by atoms with Crippen LogP contribution in [0.5, 0.6) is 5.75 Å². The Morgan fingerprint density at radius 2 is 1.84 bits per heavy atom. The Hall–Kier alpha value is -2.82. The van der Waals surface area contributed by atoms with Crippen LogP contribution in [-0.4, -0.2) is 35.9 Å². The minimum atomic E-state index is -0.431. The van der Waals surface area contributed by atoms with Gasteiger partial charge < -0.3 is 15.0 Å². The van der Waals surface area contributed by atoms with Gasteiger partial charge in [-0.15, -0.1) is 0 Å². The van der Waals surface area contributed by atoms with Crippen molar-refractivity contribution in [2.45, 2.75) is 64.1 Å². The smallest absolute Gasteiger partial charge is 0.254 e. The van der Waals surface area contributed by atoms with Crippen molar-refractivity contribution in [1.29, 1.82) is 0 Å². The van der Waals surface area contributed by atoms with Gasteiger partial charge in [-0.2, -0.15) is 0 Å². The predicted octanol–water partition coefficient (Wildman–Crippen LogP) is 4.65. The summed E-state index contributed by atoms with van der Waals surface area (Å²) in [5.74, 6) is 1.06. The van der Waals surface area contributed by atoms with E-state index in [1.165, 1.54) is 6.42 Å². The van der Waals surface area contributed by atoms with Gasteiger partial charge in [0.1, 0.15) is 11.8 Å². The topological polar surface area (TPSA) is 58.6 Å². The minimum Gasteiger partial charge on any atom is -0.496 e. The number of rotatable bonds is 5. The second-order valence-electron chi connectivity index (χ2n) is 8.92. The highest BCUT2D eigenvalue weighted by Gasteiger charge is 2.47. The highest BCUT2D eigenvalue weighted by Crippen LogP contribution is 2.41. The van der Waals surface area contributed by atoms with Crippen LogP contribution in [0.3, 0.4) is 0 Å². The molecule has 5 nitrogen and oxygen atoms in total. The molecule has 0 aromatic heterocycles. The molecule has 2 aromatic rings. The van der Waals surface area contributed by atoms with E-state index in [9.17, 15) is 9.59 Å². The molecule has 0 bridgehead atoms. The number of hydrogen-bond acceptors (Lipinski definition) is 3. The summed E-state index contributed by atoms with van der Waals surface area (Å²) in [4.78, 5) is 28.8. The molecule has 1 aliphatic carbocycles. The first-order chi connectivity index (χ1) is 15.0. The molecule has 1 N–H and O–H groups in total. The number of carbonyl (C=O) groups excluding carboxylic acids is 2. The van der Waals surface area contributed by atoms with Crippen molar-refractivity contribution in [1.82, 2.24) is 10.2 Å². The standard InChI is InChI=1S/C26H32N2O3/c1-17-13-14-24(31-3)21(15-17)18(2)27-25(29)23-16-20-11-7-8-12-22(20)28(23)26(30)19-9-5-4-6-10-19/h4-6,9-10,13-15,18,20,22-23H,7-8,11-12,16H2,1-3H3,(H,27,29). The van der Waals surface area contributed by atoms with E-state index in [0.717, 1.165) is 42.6 Å². The van der Waals surface area contributed by atoms with E-state index in [4.69, 9.17) is 4.74 Å². The van der Waals surface area contributed by atoms with Gasteiger partial charge in [0.05, 0.1) is 13.2 Å². The van der Waals surface area contributed by atoms with Gasteiger partial charge in [-0.05, 0) is 57.2 Å². The zero-order valence-electron chi connectivity index (χ0n) is 18.6. The number of likely N-dealkylation sites (tertiary alicyclic amines) is 1. The van der Waals surface area contributed by atoms with E-state index in [-0.39, 0.29) is 23.9 Å². The van der Waals surface area contributed by atoms with E-state index in [1.807, 2.05) is 67.3 Å². The van der Waals surface area contributed by atoms with Gasteiger partial charge in [0, 0.05) is 17.2 Å². The molecule has 2 aliphatic rings. The molecule has 4 rings (SSSR count). The largest absolute Gasteiger partial charge is 0.496 e. The van der Waals surface area contributed by atoms with E-state index in [0.29, 0.717) is 11.5 Å². The molecule has 2 amide bonds. The molecule has 1 aliphatic heterocycles. The number of benzene rings is 2. The molecule has 5 heteroatoms. The lowest BCUT2D eigenvalue weighted by Crippen LogP contribution is -2.50. The summed E-state index contributed by atoms with van der Waals surface area (Å²) in [5, 5.41) is 3.17. The summed E-state index contributed by atoms with van der Waals surface area (Å²) in [6, 6.07) is 14.8. The number of methoxy groups -OCH3 is 1. The third-order valence-corrected chi connectivity index (χ3v) is 6.86. The van der Waals surface area contributed by atoms with Crippen molar-refractivity contribution < 1.29 is 14.3 Å². The molecule has 1 saturated heterocycles. The van der Waals surface area contributed by atoms with Gasteiger partial charge in [-0.25, -0.2) is 0 Å². The van der Waals surface area contributed by atoms with E-state index in [1.54, 1.807) is 7.11 Å². The summed E-state index contributed by atoms with van der Waals surface area (Å²) in [5.41, 5.74) is 2.72. The molecule has 1 saturated carbocycles. The summed E-state index contributed by atoms with van der Waals surface area (Å²) < 4.78 is 5.51. The Morgan fingerprint density at radius 1 is 1.10 bits per heavy atom. The van der Waals surface area contributed by atoms with Gasteiger partial charge >= 0.3 is 0 Å². The monoisotopic (exact) mass is 420 g/mol. The molecule has 1 heterocycles. The van der Waals surface area contributed by atoms with Crippen LogP contribution in [0.4, 0.5) is 0 Å². The summed E-state index contributed by atoms with van der Waals surface area (Å²) in [6.07, 6.45) is 5.11. The maximum absolute atomic E-state index is 13.5. The molecule has 4 atom stereocenters. The fourth-order valence-corrected chi connectivity index (χ4v) is 5.30. The average molecular weight is 421 g/mol. The number of nitrogens with zero attached hydrogens (tertiary/aromatic N) is 1. The second kappa shape index (κ2) is 9.13. The molecule has 164 valence electrons. The Kier molecular flexibility index (Phi) is 6.30. The Labute approximate surface area is 184 Å². The molecule has 0 spiro atoms. The molecule has 2 fully saturated rings. The lowest BCUT2D eigenvalue weighted by atomic mass is 9.84. The first-order valence-corrected chi connectivity index (χ1v) is 11.3. The third-order valence-electron chi connectivity index (χ3n) is 6.86. The van der Waals surface area contributed by atoms with Crippen molar-refractivity contribution in [3.05, 3.63) is 65.2 Å². The number of nitrogens with one attached hydrogen (secondary N) is 1. The number of hydrogen-bond donors (Lipinski definition) is 1. The fraction of sp³-hybridized carbons (Fsp3) is 0.462. The first kappa shape index (κ1) is 21.4. The van der Waals surface area contributed by atoms with Crippen LogP contribution in [-0.2, 0) is 4.79 Å². The highest BCUT2D eigenvalue weighted by atomic mass is 16.5. The normalized spacial score (nSPS) is 23.7. The van der Waals surface area contributed by atoms with Crippen molar-refractivity contribution in [3.8, 4) is 5.75 Å². The number of aryl methyl sites for hydroxylation is 1. The molecular weight excluding hydrogens is 388 g/mol. The lowest BCUT2D eigenvalue weighted by Gasteiger charge is -2.34. The SMILES string of the molecule is COc1ccc(C)cc1C(C)NC(=O)C1CC2CCCCC2N1C(=O)c1ccccc1. The molecule has 31 heavy (non-hydrogen) atoms. The Morgan fingerprint density at radius 3 is 2.58 bits per heavy atom. The zero-order valence-corrected chi connectivity index (χ0v) is 18.6. The summed E-state index contributed by atoms with van der Waals surface area (Å²) in [7, 11) is 1.64. The van der Waals surface area contributed by atoms with Crippen LogP contribution in [0.2, 0.25) is 0 Å². The van der Waals surface area contributed by atoms with E-state index >= 15 is 0 Å². The summed E-state index contributed by atoms with van der Waals surface area (Å²) >= 11 is 0. The lowest BCUT2D eigenvalue weighted by molar-refractivity contribution is -0.125. The van der Waals surface area contributed by atoms with Crippen LogP contribution in [0.15, 0.2) is 48.5 Å². The van der Waals surface area contributed by atoms with Crippen molar-refractivity contribution >= 4 is 11.8 Å². The van der Waals surface area contributed by atoms with Gasteiger partial charge in [-0.3, -0.25) is 9.59 Å². The van der Waals surface area contributed by atoms with Gasteiger partial charge in [0.25, 0.3) is 5.91 Å². The maximum Gasteiger partial charge on any atom is 0.254 e. The molecule has 2 aromatic carbocycles. The number of carbonyl (C=O) groups is 2. The number of fused-ring (bicyclic) bond motifs is 1. The Bertz CT molecular complexity index is 943. The summed E-state index contributed by atoms with van der Waals surface area (Å²) in [6.45, 7) is 4.00. The van der Waals surface area contributed by atoms with Crippen LogP contribution < -0.4 is 10.1 Å². The quantitative estimate of drug-likeness (QED) is 0.766. The Balaban J connectivity index is 1.58. The molecule has 0 radical (unpaired) electrons. The van der Waals surface area contributed by atoms with Crippen molar-refractivity contribution in [2.75, 3.05) is 7.11 Å². The molecule has 4 unspecified atom stereocenters. The first-order valence-electron chi connectivity index (χ1n) is 11.3. The van der Waals surface area contributed by atoms with E-state index in [2.05, 4.69) is 5.32 Å². The van der Waals surface area contributed by atoms with Crippen molar-refractivity contribution in [3.63, 3.8) is 0 Å². The fourth-order valence-electron chi connectivity index (χ4n) is 5.30. The van der Waals surface area contributed by atoms with Gasteiger partial charge in [0.15, 0.2) is 0 Å². The third kappa shape index (κ3) is 4.32. The van der Waals surface area contributed by atoms with Crippen LogP contribution in [0, 0.1) is 12.8 Å². The number of amides is 2. The molecular formula is C26H32N2O3. The van der Waals surface area contributed by atoms with Crippen LogP contribution in [0.25, 0.3) is 0 Å². The maximum atomic E-state index is 13.5. The van der Waals surface area contributed by atoms with Gasteiger partial charge in [-0.1, -0.05) is 48.7 Å². The minimum absolute atomic E-state index is 0.0315. The van der Waals surface area contributed by atoms with Crippen molar-refractivity contribution in [2.24, 2.45) is 5.92 Å². The zero-order chi connectivity index (χ0) is 22.0. The highest BCUT2D eigenvalue weighted by molar-refractivity contribution is 5.98. The van der Waals surface area contributed by atoms with E-state index < -0.39 is 6.04 Å².